The number of hydrogen-bond donors (Lipinski definition) is 1. The van der Waals surface area contributed by atoms with Crippen LogP contribution in [-0.2, 0) is 0 Å². The van der Waals surface area contributed by atoms with Crippen LogP contribution in [0.3, 0.4) is 0 Å². The summed E-state index contributed by atoms with van der Waals surface area (Å²) in [5, 5.41) is 0.278. The second-order valence-electron chi connectivity index (χ2n) is 4.80. The van der Waals surface area contributed by atoms with E-state index in [1.54, 1.807) is 12.1 Å². The second-order valence-corrected chi connectivity index (χ2v) is 5.18. The average molecular weight is 362 g/mol. The van der Waals surface area contributed by atoms with Gasteiger partial charge < -0.3 is 19.9 Å². The minimum absolute atomic E-state index is 0.278. The molecule has 2 aromatic rings. The van der Waals surface area contributed by atoms with Gasteiger partial charge in [-0.1, -0.05) is 29.8 Å². The van der Waals surface area contributed by atoms with Crippen molar-refractivity contribution in [3.63, 3.8) is 0 Å². The minimum Gasteiger partial charge on any atom is -0.493 e. The zero-order valence-corrected chi connectivity index (χ0v) is 13.6. The molecule has 0 saturated carbocycles. The van der Waals surface area contributed by atoms with Crippen molar-refractivity contribution in [2.45, 2.75) is 12.4 Å². The third kappa shape index (κ3) is 4.04. The van der Waals surface area contributed by atoms with E-state index >= 15 is 0 Å². The molecule has 0 amide bonds. The van der Waals surface area contributed by atoms with Gasteiger partial charge >= 0.3 is 6.36 Å². The molecule has 0 heterocycles. The summed E-state index contributed by atoms with van der Waals surface area (Å²) in [4.78, 5) is 0. The molecule has 0 aliphatic carbocycles. The minimum atomic E-state index is -4.74. The molecule has 0 aromatic heterocycles. The fourth-order valence-corrected chi connectivity index (χ4v) is 2.55. The first-order chi connectivity index (χ1) is 11.3. The molecule has 130 valence electrons. The van der Waals surface area contributed by atoms with E-state index in [1.165, 1.54) is 38.5 Å². The van der Waals surface area contributed by atoms with Crippen LogP contribution in [0.4, 0.5) is 13.2 Å². The zero-order chi connectivity index (χ0) is 17.9. The van der Waals surface area contributed by atoms with Crippen molar-refractivity contribution in [3.8, 4) is 17.2 Å². The van der Waals surface area contributed by atoms with Crippen LogP contribution in [-0.4, -0.2) is 20.6 Å². The Hall–Kier alpha value is -2.12. The van der Waals surface area contributed by atoms with E-state index in [1.807, 2.05) is 0 Å². The van der Waals surface area contributed by atoms with Gasteiger partial charge in [-0.05, 0) is 29.3 Å². The summed E-state index contributed by atoms with van der Waals surface area (Å²) in [5.41, 5.74) is 7.29. The maximum atomic E-state index is 12.2. The monoisotopic (exact) mass is 361 g/mol. The molecule has 0 spiro atoms. The van der Waals surface area contributed by atoms with Gasteiger partial charge in [-0.2, -0.15) is 0 Å². The number of alkyl halides is 3. The van der Waals surface area contributed by atoms with E-state index in [9.17, 15) is 13.2 Å². The Labute approximate surface area is 141 Å². The largest absolute Gasteiger partial charge is 0.573 e. The van der Waals surface area contributed by atoms with Gasteiger partial charge in [0.2, 0.25) is 0 Å². The number of hydrogen-bond acceptors (Lipinski definition) is 4. The Morgan fingerprint density at radius 2 is 1.62 bits per heavy atom. The molecule has 2 aromatic carbocycles. The van der Waals surface area contributed by atoms with Crippen LogP contribution < -0.4 is 19.9 Å². The normalized spacial score (nSPS) is 12.6. The van der Waals surface area contributed by atoms with Gasteiger partial charge in [0.05, 0.1) is 25.3 Å². The first kappa shape index (κ1) is 18.2. The van der Waals surface area contributed by atoms with Gasteiger partial charge in [0.15, 0.2) is 11.5 Å². The lowest BCUT2D eigenvalue weighted by Gasteiger charge is -2.18. The molecular formula is C16H15ClF3NO3. The van der Waals surface area contributed by atoms with Gasteiger partial charge in [-0.25, -0.2) is 0 Å². The Kier molecular flexibility index (Phi) is 5.46. The fraction of sp³-hybridized carbons (Fsp3) is 0.250. The third-order valence-electron chi connectivity index (χ3n) is 3.32. The fourth-order valence-electron chi connectivity index (χ4n) is 2.20. The zero-order valence-electron chi connectivity index (χ0n) is 12.9. The van der Waals surface area contributed by atoms with Crippen molar-refractivity contribution in [1.82, 2.24) is 0 Å². The highest BCUT2D eigenvalue weighted by molar-refractivity contribution is 6.33. The lowest BCUT2D eigenvalue weighted by Crippen LogP contribution is -2.17. The van der Waals surface area contributed by atoms with Crippen LogP contribution in [0.2, 0.25) is 5.02 Å². The first-order valence-electron chi connectivity index (χ1n) is 6.78. The van der Waals surface area contributed by atoms with Gasteiger partial charge in [-0.15, -0.1) is 13.2 Å². The quantitative estimate of drug-likeness (QED) is 0.862. The highest BCUT2D eigenvalue weighted by atomic mass is 35.5. The summed E-state index contributed by atoms with van der Waals surface area (Å²) in [6, 6.07) is 7.94. The van der Waals surface area contributed by atoms with E-state index in [0.29, 0.717) is 22.6 Å². The Morgan fingerprint density at radius 1 is 1.00 bits per heavy atom. The van der Waals surface area contributed by atoms with Crippen LogP contribution in [0.1, 0.15) is 17.2 Å². The smallest absolute Gasteiger partial charge is 0.493 e. The number of benzene rings is 2. The summed E-state index contributed by atoms with van der Waals surface area (Å²) in [7, 11) is 2.93. The van der Waals surface area contributed by atoms with Gasteiger partial charge in [0, 0.05) is 0 Å². The summed E-state index contributed by atoms with van der Waals surface area (Å²) in [6.07, 6.45) is -4.74. The molecule has 0 bridgehead atoms. The van der Waals surface area contributed by atoms with Crippen LogP contribution in [0.25, 0.3) is 0 Å². The van der Waals surface area contributed by atoms with E-state index in [2.05, 4.69) is 4.74 Å². The van der Waals surface area contributed by atoms with Crippen molar-refractivity contribution in [2.75, 3.05) is 14.2 Å². The molecule has 2 rings (SSSR count). The van der Waals surface area contributed by atoms with E-state index < -0.39 is 12.4 Å². The Morgan fingerprint density at radius 3 is 2.12 bits per heavy atom. The molecule has 0 radical (unpaired) electrons. The molecule has 0 aliphatic rings. The van der Waals surface area contributed by atoms with E-state index in [0.717, 1.165) is 0 Å². The van der Waals surface area contributed by atoms with Crippen molar-refractivity contribution in [3.05, 3.63) is 52.5 Å². The summed E-state index contributed by atoms with van der Waals surface area (Å²) >= 11 is 6.30. The summed E-state index contributed by atoms with van der Waals surface area (Å²) in [5.74, 6) is 0.466. The number of halogens is 4. The van der Waals surface area contributed by atoms with Crippen LogP contribution in [0.15, 0.2) is 36.4 Å². The Bertz CT molecular complexity index is 705. The lowest BCUT2D eigenvalue weighted by atomic mass is 9.99. The topological polar surface area (TPSA) is 53.7 Å². The van der Waals surface area contributed by atoms with Crippen molar-refractivity contribution >= 4 is 11.6 Å². The predicted octanol–water partition coefficient (Wildman–Crippen LogP) is 4.30. The maximum Gasteiger partial charge on any atom is 0.573 e. The first-order valence-corrected chi connectivity index (χ1v) is 7.16. The third-order valence-corrected chi connectivity index (χ3v) is 3.71. The van der Waals surface area contributed by atoms with Crippen molar-refractivity contribution in [1.29, 1.82) is 0 Å². The molecule has 0 saturated heterocycles. The van der Waals surface area contributed by atoms with Gasteiger partial charge in [-0.3, -0.25) is 0 Å². The van der Waals surface area contributed by atoms with Gasteiger partial charge in [0.25, 0.3) is 0 Å². The van der Waals surface area contributed by atoms with Gasteiger partial charge in [0.1, 0.15) is 5.75 Å². The standard InChI is InChI=1S/C16H15ClF3NO3/c1-22-12-8-7-11(13(17)15(12)23-2)14(21)9-3-5-10(6-4-9)24-16(18,19)20/h3-8,14H,21H2,1-2H3/t14-/m1/s1. The molecule has 0 unspecified atom stereocenters. The van der Waals surface area contributed by atoms with E-state index in [-0.39, 0.29) is 10.8 Å². The maximum absolute atomic E-state index is 12.2. The second kappa shape index (κ2) is 7.19. The average Bonchev–Trinajstić information content (AvgIpc) is 2.53. The molecule has 24 heavy (non-hydrogen) atoms. The number of ether oxygens (including phenoxy) is 3. The number of rotatable bonds is 5. The summed E-state index contributed by atoms with van der Waals surface area (Å²) in [6.45, 7) is 0. The van der Waals surface area contributed by atoms with Crippen LogP contribution >= 0.6 is 11.6 Å². The lowest BCUT2D eigenvalue weighted by molar-refractivity contribution is -0.274. The van der Waals surface area contributed by atoms with Crippen molar-refractivity contribution in [2.24, 2.45) is 5.73 Å². The predicted molar refractivity (Wildman–Crippen MR) is 83.7 cm³/mol. The summed E-state index contributed by atoms with van der Waals surface area (Å²) < 4.78 is 50.7. The van der Waals surface area contributed by atoms with Crippen LogP contribution in [0.5, 0.6) is 17.2 Å². The Balaban J connectivity index is 2.30. The molecule has 2 N–H and O–H groups in total. The molecule has 8 heteroatoms. The highest BCUT2D eigenvalue weighted by Crippen LogP contribution is 2.40. The number of nitrogens with two attached hydrogens (primary N) is 1. The molecular weight excluding hydrogens is 347 g/mol. The SMILES string of the molecule is COc1ccc([C@H](N)c2ccc(OC(F)(F)F)cc2)c(Cl)c1OC. The molecule has 1 atom stereocenters. The van der Waals surface area contributed by atoms with E-state index in [4.69, 9.17) is 26.8 Å². The highest BCUT2D eigenvalue weighted by Gasteiger charge is 2.31. The molecule has 4 nitrogen and oxygen atoms in total. The number of methoxy groups -OCH3 is 2. The molecule has 0 fully saturated rings. The van der Waals surface area contributed by atoms with Crippen LogP contribution in [0, 0.1) is 0 Å². The molecule has 0 aliphatic heterocycles. The van der Waals surface area contributed by atoms with Crippen molar-refractivity contribution < 1.29 is 27.4 Å².